The van der Waals surface area contributed by atoms with Crippen molar-refractivity contribution in [3.8, 4) is 0 Å². The van der Waals surface area contributed by atoms with E-state index in [1.165, 1.54) is 7.11 Å². The molecule has 0 spiro atoms. The molecule has 0 fully saturated rings. The van der Waals surface area contributed by atoms with Gasteiger partial charge in [-0.05, 0) is 32.9 Å². The summed E-state index contributed by atoms with van der Waals surface area (Å²) in [4.78, 5) is 31.6. The monoisotopic (exact) mass is 484 g/mol. The lowest BCUT2D eigenvalue weighted by Gasteiger charge is -2.05. The molecule has 9 nitrogen and oxygen atoms in total. The van der Waals surface area contributed by atoms with Crippen molar-refractivity contribution in [2.75, 3.05) is 32.7 Å². The molecule has 0 radical (unpaired) electrons. The molecule has 0 bridgehead atoms. The molecule has 33 heavy (non-hydrogen) atoms. The third kappa shape index (κ3) is 16.1. The van der Waals surface area contributed by atoms with E-state index in [-0.39, 0.29) is 36.4 Å². The fraction of sp³-hybridized carbons (Fsp3) is 0.348. The van der Waals surface area contributed by atoms with Gasteiger partial charge in [-0.2, -0.15) is 0 Å². The summed E-state index contributed by atoms with van der Waals surface area (Å²) in [6.45, 7) is 14.7. The Balaban J connectivity index is 0. The van der Waals surface area contributed by atoms with E-state index in [0.29, 0.717) is 11.1 Å². The van der Waals surface area contributed by atoms with Crippen LogP contribution >= 0.6 is 0 Å². The molecule has 0 aliphatic heterocycles. The number of aliphatic hydroxyl groups excluding tert-OH is 1. The van der Waals surface area contributed by atoms with Crippen molar-refractivity contribution in [3.63, 3.8) is 0 Å². The van der Waals surface area contributed by atoms with Gasteiger partial charge >= 0.3 is 17.9 Å². The summed E-state index contributed by atoms with van der Waals surface area (Å²) >= 11 is 0. The number of rotatable bonds is 9. The second kappa shape index (κ2) is 17.3. The highest BCUT2D eigenvalue weighted by molar-refractivity contribution is 7.91. The zero-order chi connectivity index (χ0) is 26.0. The lowest BCUT2D eigenvalue weighted by Crippen LogP contribution is -2.14. The fourth-order valence-corrected chi connectivity index (χ4v) is 2.70. The van der Waals surface area contributed by atoms with Gasteiger partial charge in [-0.3, -0.25) is 0 Å². The predicted octanol–water partition coefficient (Wildman–Crippen LogP) is 2.33. The van der Waals surface area contributed by atoms with Gasteiger partial charge in [-0.1, -0.05) is 37.4 Å². The van der Waals surface area contributed by atoms with Crippen LogP contribution in [-0.4, -0.2) is 64.1 Å². The van der Waals surface area contributed by atoms with Gasteiger partial charge in [0, 0.05) is 17.2 Å². The zero-order valence-electron chi connectivity index (χ0n) is 19.5. The Kier molecular flexibility index (Phi) is 16.8. The van der Waals surface area contributed by atoms with Gasteiger partial charge < -0.3 is 19.3 Å². The van der Waals surface area contributed by atoms with Crippen LogP contribution in [0.4, 0.5) is 0 Å². The molecule has 1 aromatic carbocycles. The van der Waals surface area contributed by atoms with Crippen molar-refractivity contribution < 1.29 is 42.1 Å². The lowest BCUT2D eigenvalue weighted by atomic mass is 10.2. The van der Waals surface area contributed by atoms with E-state index in [0.717, 1.165) is 11.6 Å². The number of carbonyl (C=O) groups excluding carboxylic acids is 3. The standard InChI is InChI=1S/C12H14O4S.C6H10O3.C5H8O2/c1-3-12(13)16-8-9-17(14,15)11-6-4-10(2)5-7-11;1-5(2)6(8)9-4-3-7;1-4(2)5(6)7-3/h3-7H,1,8-9H2,2H3;7H,1,3-4H2,2H3;1H2,2-3H3. The van der Waals surface area contributed by atoms with Gasteiger partial charge in [0.1, 0.15) is 13.2 Å². The quantitative estimate of drug-likeness (QED) is 0.318. The van der Waals surface area contributed by atoms with Crippen LogP contribution in [0.5, 0.6) is 0 Å². The number of sulfone groups is 1. The molecule has 0 aliphatic rings. The van der Waals surface area contributed by atoms with E-state index in [1.807, 2.05) is 6.92 Å². The van der Waals surface area contributed by atoms with E-state index >= 15 is 0 Å². The molecule has 0 saturated heterocycles. The SMILES string of the molecule is C=C(C)C(=O)OC.C=C(C)C(=O)OCCO.C=CC(=O)OCCS(=O)(=O)c1ccc(C)cc1. The van der Waals surface area contributed by atoms with Crippen molar-refractivity contribution in [1.82, 2.24) is 0 Å². The summed E-state index contributed by atoms with van der Waals surface area (Å²) in [5.41, 5.74) is 1.77. The number of methoxy groups -OCH3 is 1. The van der Waals surface area contributed by atoms with Crippen molar-refractivity contribution in [2.45, 2.75) is 25.7 Å². The summed E-state index contributed by atoms with van der Waals surface area (Å²) in [6, 6.07) is 6.53. The molecule has 0 aromatic heterocycles. The number of aliphatic hydroxyl groups is 1. The van der Waals surface area contributed by atoms with Crippen LogP contribution in [0.15, 0.2) is 66.1 Å². The lowest BCUT2D eigenvalue weighted by molar-refractivity contribution is -0.140. The largest absolute Gasteiger partial charge is 0.466 e. The number of aryl methyl sites for hydroxylation is 1. The summed E-state index contributed by atoms with van der Waals surface area (Å²) in [5, 5.41) is 8.19. The molecule has 1 rings (SSSR count). The van der Waals surface area contributed by atoms with Gasteiger partial charge in [0.15, 0.2) is 9.84 Å². The van der Waals surface area contributed by atoms with Crippen LogP contribution in [0.2, 0.25) is 0 Å². The maximum Gasteiger partial charge on any atom is 0.333 e. The molecule has 0 amide bonds. The highest BCUT2D eigenvalue weighted by Gasteiger charge is 2.14. The molecule has 0 aliphatic carbocycles. The van der Waals surface area contributed by atoms with Crippen LogP contribution in [-0.2, 0) is 38.4 Å². The topological polar surface area (TPSA) is 133 Å². The number of carbonyl (C=O) groups is 3. The van der Waals surface area contributed by atoms with Gasteiger partial charge in [-0.25, -0.2) is 22.8 Å². The van der Waals surface area contributed by atoms with Crippen LogP contribution in [0.3, 0.4) is 0 Å². The van der Waals surface area contributed by atoms with Crippen LogP contribution < -0.4 is 0 Å². The molecule has 0 unspecified atom stereocenters. The zero-order valence-corrected chi connectivity index (χ0v) is 20.3. The average Bonchev–Trinajstić information content (AvgIpc) is 2.77. The minimum Gasteiger partial charge on any atom is -0.466 e. The van der Waals surface area contributed by atoms with Gasteiger partial charge in [0.25, 0.3) is 0 Å². The number of benzene rings is 1. The third-order valence-corrected chi connectivity index (χ3v) is 5.04. The Bertz CT molecular complexity index is 914. The van der Waals surface area contributed by atoms with Crippen molar-refractivity contribution >= 4 is 27.7 Å². The molecular formula is C23H32O9S. The maximum atomic E-state index is 11.8. The first kappa shape index (κ1) is 31.9. The number of hydrogen-bond acceptors (Lipinski definition) is 9. The van der Waals surface area contributed by atoms with E-state index in [4.69, 9.17) is 5.11 Å². The number of hydrogen-bond donors (Lipinski definition) is 1. The predicted molar refractivity (Wildman–Crippen MR) is 124 cm³/mol. The fourth-order valence-electron chi connectivity index (χ4n) is 1.61. The van der Waals surface area contributed by atoms with Crippen molar-refractivity contribution in [3.05, 3.63) is 66.8 Å². The van der Waals surface area contributed by atoms with E-state index in [2.05, 4.69) is 33.9 Å². The normalized spacial score (nSPS) is 9.61. The molecule has 10 heteroatoms. The number of ether oxygens (including phenoxy) is 3. The molecule has 1 N–H and O–H groups in total. The smallest absolute Gasteiger partial charge is 0.333 e. The van der Waals surface area contributed by atoms with E-state index in [9.17, 15) is 22.8 Å². The summed E-state index contributed by atoms with van der Waals surface area (Å²) < 4.78 is 37.0. The molecule has 0 heterocycles. The summed E-state index contributed by atoms with van der Waals surface area (Å²) in [6.07, 6.45) is 0.999. The average molecular weight is 485 g/mol. The second-order valence-corrected chi connectivity index (χ2v) is 8.52. The molecular weight excluding hydrogens is 452 g/mol. The van der Waals surface area contributed by atoms with Crippen molar-refractivity contribution in [1.29, 1.82) is 0 Å². The number of esters is 3. The highest BCUT2D eigenvalue weighted by Crippen LogP contribution is 2.12. The second-order valence-electron chi connectivity index (χ2n) is 6.42. The Morgan fingerprint density at radius 1 is 0.970 bits per heavy atom. The summed E-state index contributed by atoms with van der Waals surface area (Å²) in [5.74, 6) is -1.65. The van der Waals surface area contributed by atoms with E-state index in [1.54, 1.807) is 38.1 Å². The van der Waals surface area contributed by atoms with Crippen LogP contribution in [0.25, 0.3) is 0 Å². The minimum absolute atomic E-state index is 0.0473. The molecule has 1 aromatic rings. The first-order valence-electron chi connectivity index (χ1n) is 9.58. The molecule has 184 valence electrons. The van der Waals surface area contributed by atoms with Crippen molar-refractivity contribution in [2.24, 2.45) is 0 Å². The first-order chi connectivity index (χ1) is 15.3. The van der Waals surface area contributed by atoms with Gasteiger partial charge in [0.05, 0.1) is 24.4 Å². The van der Waals surface area contributed by atoms with Gasteiger partial charge in [-0.15, -0.1) is 0 Å². The minimum atomic E-state index is -3.39. The molecule has 0 saturated carbocycles. The van der Waals surface area contributed by atoms with Crippen LogP contribution in [0.1, 0.15) is 19.4 Å². The Morgan fingerprint density at radius 2 is 1.48 bits per heavy atom. The van der Waals surface area contributed by atoms with Crippen LogP contribution in [0, 0.1) is 6.92 Å². The van der Waals surface area contributed by atoms with Gasteiger partial charge in [0.2, 0.25) is 0 Å². The Morgan fingerprint density at radius 3 is 1.85 bits per heavy atom. The van der Waals surface area contributed by atoms with E-state index < -0.39 is 21.8 Å². The Hall–Kier alpha value is -3.24. The summed E-state index contributed by atoms with van der Waals surface area (Å²) in [7, 11) is -2.06. The maximum absolute atomic E-state index is 11.8. The Labute approximate surface area is 195 Å². The highest BCUT2D eigenvalue weighted by atomic mass is 32.2. The molecule has 0 atom stereocenters. The third-order valence-electron chi connectivity index (χ3n) is 3.35. The first-order valence-corrected chi connectivity index (χ1v) is 11.2.